The Morgan fingerprint density at radius 3 is 2.29 bits per heavy atom. The van der Waals surface area contributed by atoms with E-state index in [9.17, 15) is 4.79 Å². The largest absolute Gasteiger partial charge is 0.320 e. The Labute approximate surface area is 134 Å². The highest BCUT2D eigenvalue weighted by atomic mass is 35.5. The number of halogens is 2. The zero-order chi connectivity index (χ0) is 15.4. The number of carbonyl (C=O) groups is 1. The predicted molar refractivity (Wildman–Crippen MR) is 85.8 cm³/mol. The Kier molecular flexibility index (Phi) is 5.21. The van der Waals surface area contributed by atoms with Gasteiger partial charge in [-0.05, 0) is 30.2 Å². The van der Waals surface area contributed by atoms with Crippen LogP contribution in [0.3, 0.4) is 0 Å². The zero-order valence-corrected chi connectivity index (χ0v) is 13.4. The van der Waals surface area contributed by atoms with E-state index in [1.54, 1.807) is 18.2 Å². The van der Waals surface area contributed by atoms with Gasteiger partial charge in [-0.1, -0.05) is 30.1 Å². The van der Waals surface area contributed by atoms with Crippen molar-refractivity contribution in [3.05, 3.63) is 58.3 Å². The molecule has 21 heavy (non-hydrogen) atoms. The van der Waals surface area contributed by atoms with Gasteiger partial charge in [0.1, 0.15) is 0 Å². The summed E-state index contributed by atoms with van der Waals surface area (Å²) in [6.45, 7) is 3.94. The van der Waals surface area contributed by atoms with E-state index in [4.69, 9.17) is 23.2 Å². The minimum Gasteiger partial charge on any atom is -0.320 e. The number of anilines is 1. The predicted octanol–water partition coefficient (Wildman–Crippen LogP) is 4.04. The van der Waals surface area contributed by atoms with Crippen molar-refractivity contribution in [2.75, 3.05) is 5.32 Å². The van der Waals surface area contributed by atoms with Gasteiger partial charge in [0.05, 0.1) is 0 Å². The van der Waals surface area contributed by atoms with Crippen LogP contribution in [0.2, 0.25) is 10.0 Å². The van der Waals surface area contributed by atoms with Crippen LogP contribution in [-0.2, 0) is 11.2 Å². The van der Waals surface area contributed by atoms with Crippen LogP contribution in [-0.4, -0.2) is 5.91 Å². The number of benzene rings is 1. The lowest BCUT2D eigenvalue weighted by Gasteiger charge is -2.09. The molecule has 0 aliphatic carbocycles. The van der Waals surface area contributed by atoms with Gasteiger partial charge in [0.15, 0.2) is 12.4 Å². The monoisotopic (exact) mass is 323 g/mol. The summed E-state index contributed by atoms with van der Waals surface area (Å²) in [5.41, 5.74) is 1.83. The van der Waals surface area contributed by atoms with E-state index < -0.39 is 0 Å². The molecule has 0 bridgehead atoms. The summed E-state index contributed by atoms with van der Waals surface area (Å²) in [6, 6.07) is 8.67. The summed E-state index contributed by atoms with van der Waals surface area (Å²) >= 11 is 11.8. The first-order chi connectivity index (χ1) is 9.99. The molecule has 1 aromatic carbocycles. The molecule has 1 aromatic heterocycles. The summed E-state index contributed by atoms with van der Waals surface area (Å²) in [5.74, 6) is -0.123. The number of carbonyl (C=O) groups excluding carboxylic acids is 1. The Bertz CT molecular complexity index is 621. The van der Waals surface area contributed by atoms with Crippen LogP contribution in [0.5, 0.6) is 0 Å². The van der Waals surface area contributed by atoms with Crippen molar-refractivity contribution in [1.82, 2.24) is 0 Å². The van der Waals surface area contributed by atoms with E-state index in [1.807, 2.05) is 36.0 Å². The lowest BCUT2D eigenvalue weighted by atomic mass is 10.2. The topological polar surface area (TPSA) is 33.0 Å². The van der Waals surface area contributed by atoms with Crippen LogP contribution in [0, 0.1) is 0 Å². The molecule has 0 fully saturated rings. The molecule has 5 heteroatoms. The number of hydrogen-bond donors (Lipinski definition) is 1. The number of pyridine rings is 1. The Morgan fingerprint density at radius 1 is 1.19 bits per heavy atom. The number of aromatic nitrogens is 1. The smallest absolute Gasteiger partial charge is 0.293 e. The Hall–Kier alpha value is -1.58. The highest BCUT2D eigenvalue weighted by Crippen LogP contribution is 2.22. The van der Waals surface area contributed by atoms with Gasteiger partial charge >= 0.3 is 0 Å². The molecule has 0 saturated carbocycles. The van der Waals surface area contributed by atoms with Crippen LogP contribution in [0.15, 0.2) is 42.7 Å². The second-order valence-electron chi connectivity index (χ2n) is 4.83. The number of nitrogens with zero attached hydrogens (tertiary/aromatic N) is 1. The molecule has 1 heterocycles. The van der Waals surface area contributed by atoms with Crippen molar-refractivity contribution >= 4 is 34.8 Å². The lowest BCUT2D eigenvalue weighted by molar-refractivity contribution is -0.705. The molecule has 0 spiro atoms. The van der Waals surface area contributed by atoms with Crippen LogP contribution in [0.1, 0.15) is 25.5 Å². The van der Waals surface area contributed by atoms with Gasteiger partial charge in [-0.3, -0.25) is 4.79 Å². The summed E-state index contributed by atoms with van der Waals surface area (Å²) in [5, 5.41) is 3.80. The molecule has 0 saturated heterocycles. The van der Waals surface area contributed by atoms with Gasteiger partial charge in [0.2, 0.25) is 6.04 Å². The first-order valence-corrected chi connectivity index (χ1v) is 7.52. The van der Waals surface area contributed by atoms with Crippen LogP contribution >= 0.6 is 23.2 Å². The van der Waals surface area contributed by atoms with Crippen LogP contribution in [0.4, 0.5) is 5.69 Å². The highest BCUT2D eigenvalue weighted by molar-refractivity contribution is 6.35. The number of aryl methyl sites for hydroxylation is 1. The maximum Gasteiger partial charge on any atom is 0.293 e. The van der Waals surface area contributed by atoms with Crippen molar-refractivity contribution < 1.29 is 9.36 Å². The van der Waals surface area contributed by atoms with E-state index in [2.05, 4.69) is 12.2 Å². The standard InChI is InChI=1S/C16H16Cl2N2O/c1-3-12-4-6-20(7-5-12)11(2)16(21)19-15-9-13(17)8-14(18)10-15/h4-11H,3H2,1-2H3/p+1/t11-/m0/s1. The Morgan fingerprint density at radius 2 is 1.76 bits per heavy atom. The second-order valence-corrected chi connectivity index (χ2v) is 5.70. The van der Waals surface area contributed by atoms with Gasteiger partial charge in [0, 0.05) is 34.8 Å². The van der Waals surface area contributed by atoms with Gasteiger partial charge in [-0.25, -0.2) is 0 Å². The molecule has 3 nitrogen and oxygen atoms in total. The molecule has 0 aliphatic heterocycles. The summed E-state index contributed by atoms with van der Waals surface area (Å²) in [7, 11) is 0. The molecule has 1 N–H and O–H groups in total. The third kappa shape index (κ3) is 4.19. The number of nitrogens with one attached hydrogen (secondary N) is 1. The average Bonchev–Trinajstić information content (AvgIpc) is 2.45. The summed E-state index contributed by atoms with van der Waals surface area (Å²) < 4.78 is 1.86. The van der Waals surface area contributed by atoms with Crippen molar-refractivity contribution in [2.24, 2.45) is 0 Å². The van der Waals surface area contributed by atoms with E-state index in [1.165, 1.54) is 5.56 Å². The van der Waals surface area contributed by atoms with Crippen LogP contribution < -0.4 is 9.88 Å². The fraction of sp³-hybridized carbons (Fsp3) is 0.250. The van der Waals surface area contributed by atoms with Gasteiger partial charge in [0.25, 0.3) is 5.91 Å². The number of amides is 1. The van der Waals surface area contributed by atoms with Gasteiger partial charge < -0.3 is 5.32 Å². The second kappa shape index (κ2) is 6.92. The van der Waals surface area contributed by atoms with E-state index in [-0.39, 0.29) is 11.9 Å². The fourth-order valence-corrected chi connectivity index (χ4v) is 2.50. The molecule has 1 atom stereocenters. The normalized spacial score (nSPS) is 12.0. The average molecular weight is 324 g/mol. The van der Waals surface area contributed by atoms with Crippen LogP contribution in [0.25, 0.3) is 0 Å². The first kappa shape index (κ1) is 15.8. The fourth-order valence-electron chi connectivity index (χ4n) is 1.97. The maximum atomic E-state index is 12.3. The molecule has 110 valence electrons. The zero-order valence-electron chi connectivity index (χ0n) is 11.9. The molecular formula is C16H17Cl2N2O+. The van der Waals surface area contributed by atoms with Crippen molar-refractivity contribution in [3.8, 4) is 0 Å². The maximum absolute atomic E-state index is 12.3. The molecule has 0 radical (unpaired) electrons. The first-order valence-electron chi connectivity index (χ1n) is 6.76. The summed E-state index contributed by atoms with van der Waals surface area (Å²) in [6.07, 6.45) is 4.80. The van der Waals surface area contributed by atoms with E-state index in [0.717, 1.165) is 6.42 Å². The summed E-state index contributed by atoms with van der Waals surface area (Å²) in [4.78, 5) is 12.3. The number of rotatable bonds is 4. The molecule has 2 aromatic rings. The third-order valence-corrected chi connectivity index (χ3v) is 3.72. The highest BCUT2D eigenvalue weighted by Gasteiger charge is 2.21. The molecule has 1 amide bonds. The molecule has 0 aliphatic rings. The van der Waals surface area contributed by atoms with Gasteiger partial charge in [-0.2, -0.15) is 4.57 Å². The van der Waals surface area contributed by atoms with Crippen molar-refractivity contribution in [1.29, 1.82) is 0 Å². The molecule has 0 unspecified atom stereocenters. The third-order valence-electron chi connectivity index (χ3n) is 3.29. The van der Waals surface area contributed by atoms with E-state index >= 15 is 0 Å². The minimum absolute atomic E-state index is 0.123. The molecule has 2 rings (SSSR count). The quantitative estimate of drug-likeness (QED) is 0.846. The SMILES string of the molecule is CCc1cc[n+]([C@@H](C)C(=O)Nc2cc(Cl)cc(Cl)c2)cc1. The van der Waals surface area contributed by atoms with Crippen molar-refractivity contribution in [2.45, 2.75) is 26.3 Å². The van der Waals surface area contributed by atoms with Crippen molar-refractivity contribution in [3.63, 3.8) is 0 Å². The van der Waals surface area contributed by atoms with E-state index in [0.29, 0.717) is 15.7 Å². The minimum atomic E-state index is -0.325. The van der Waals surface area contributed by atoms with Gasteiger partial charge in [-0.15, -0.1) is 0 Å². The lowest BCUT2D eigenvalue weighted by Crippen LogP contribution is -2.44. The Balaban J connectivity index is 2.11. The number of hydrogen-bond acceptors (Lipinski definition) is 1. The molecular weight excluding hydrogens is 307 g/mol.